The lowest BCUT2D eigenvalue weighted by Crippen LogP contribution is -2.41. The van der Waals surface area contributed by atoms with Gasteiger partial charge in [-0.15, -0.1) is 0 Å². The molecule has 0 aromatic rings. The molecule has 0 aliphatic heterocycles. The van der Waals surface area contributed by atoms with Crippen molar-refractivity contribution >= 4 is 35.3 Å². The first-order valence-corrected chi connectivity index (χ1v) is 12.2. The fourth-order valence-electron chi connectivity index (χ4n) is 2.96. The van der Waals surface area contributed by atoms with Crippen LogP contribution >= 0.6 is 0 Å². The molecule has 0 aliphatic rings. The lowest BCUT2D eigenvalue weighted by molar-refractivity contribution is 0.626. The molecule has 13 N–H and O–H groups in total. The Balaban J connectivity index is 3.71. The minimum absolute atomic E-state index is 0.235. The zero-order valence-electron chi connectivity index (χ0n) is 21.5. The fraction of sp³-hybridized carbons (Fsp3) is 0.727. The highest BCUT2D eigenvalue weighted by Crippen LogP contribution is 2.07. The van der Waals surface area contributed by atoms with E-state index < -0.39 is 0 Å². The molecule has 35 heavy (non-hydrogen) atoms. The van der Waals surface area contributed by atoms with Crippen LogP contribution in [0.2, 0.25) is 0 Å². The molecule has 0 saturated carbocycles. The Morgan fingerprint density at radius 3 is 1.63 bits per heavy atom. The Kier molecular flexibility index (Phi) is 19.4. The second-order valence-electron chi connectivity index (χ2n) is 8.20. The molecule has 0 amide bonds. The first kappa shape index (κ1) is 31.8. The number of hydrogen-bond acceptors (Lipinski definition) is 7. The van der Waals surface area contributed by atoms with Crippen LogP contribution in [0.4, 0.5) is 0 Å². The van der Waals surface area contributed by atoms with E-state index in [-0.39, 0.29) is 23.8 Å². The third kappa shape index (κ3) is 22.3. The van der Waals surface area contributed by atoms with E-state index in [1.165, 1.54) is 0 Å². The summed E-state index contributed by atoms with van der Waals surface area (Å²) in [6.07, 6.45) is 8.22. The molecule has 0 unspecified atom stereocenters. The highest BCUT2D eigenvalue weighted by molar-refractivity contribution is 6.00. The van der Waals surface area contributed by atoms with Crippen LogP contribution in [0.15, 0.2) is 20.0 Å². The van der Waals surface area contributed by atoms with Gasteiger partial charge in [-0.25, -0.2) is 0 Å². The molecule has 13 heteroatoms. The molecule has 0 atom stereocenters. The van der Waals surface area contributed by atoms with E-state index in [4.69, 9.17) is 33.8 Å². The Morgan fingerprint density at radius 1 is 0.657 bits per heavy atom. The first-order valence-electron chi connectivity index (χ1n) is 12.2. The van der Waals surface area contributed by atoms with Crippen molar-refractivity contribution in [3.8, 4) is 0 Å². The highest BCUT2D eigenvalue weighted by atomic mass is 15.2. The Labute approximate surface area is 209 Å². The van der Waals surface area contributed by atoms with Gasteiger partial charge in [0.1, 0.15) is 0 Å². The van der Waals surface area contributed by atoms with Crippen molar-refractivity contribution in [1.29, 1.82) is 10.8 Å². The minimum atomic E-state index is 0.235. The zero-order valence-corrected chi connectivity index (χ0v) is 21.5. The standard InChI is InChI=1S/C22H47N13/c1-17(23)16-18(24)10-6-4-3-5-7-13-31-21(27)35-22(28)33-15-9-12-30-11-8-14-32-20(26)34-19(25)29-2/h23-24,30H,3-16H2,1-2H3,(H5,25,26,29,32,34)(H5,27,28,31,33,35). The molecule has 0 aromatic heterocycles. The van der Waals surface area contributed by atoms with Crippen molar-refractivity contribution in [2.75, 3.05) is 39.8 Å². The van der Waals surface area contributed by atoms with E-state index in [9.17, 15) is 0 Å². The Hall–Kier alpha value is -3.22. The van der Waals surface area contributed by atoms with Gasteiger partial charge < -0.3 is 39.1 Å². The largest absolute Gasteiger partial charge is 0.370 e. The molecule has 0 bridgehead atoms. The number of nitrogens with zero attached hydrogens (tertiary/aromatic N) is 4. The molecule has 0 fully saturated rings. The van der Waals surface area contributed by atoms with Crippen molar-refractivity contribution in [3.63, 3.8) is 0 Å². The molecular weight excluding hydrogens is 446 g/mol. The van der Waals surface area contributed by atoms with E-state index in [1.807, 2.05) is 0 Å². The molecule has 0 heterocycles. The normalized spacial score (nSPS) is 13.1. The average molecular weight is 494 g/mol. The lowest BCUT2D eigenvalue weighted by atomic mass is 10.1. The average Bonchev–Trinajstić information content (AvgIpc) is 2.78. The van der Waals surface area contributed by atoms with E-state index in [0.717, 1.165) is 64.5 Å². The third-order valence-corrected chi connectivity index (χ3v) is 4.74. The van der Waals surface area contributed by atoms with Crippen LogP contribution in [-0.4, -0.2) is 75.0 Å². The maximum absolute atomic E-state index is 7.78. The third-order valence-electron chi connectivity index (χ3n) is 4.74. The van der Waals surface area contributed by atoms with Gasteiger partial charge in [0.2, 0.25) is 0 Å². The SMILES string of the molecule is CN=C(N)NC(N)=NCCCNCCCN=C(N)NC(N)=NCCCCCCCC(=N)CC(C)=N. The summed E-state index contributed by atoms with van der Waals surface area (Å²) in [7, 11) is 1.57. The summed E-state index contributed by atoms with van der Waals surface area (Å²) in [5.41, 5.74) is 24.1. The first-order chi connectivity index (χ1) is 16.7. The molecule has 200 valence electrons. The van der Waals surface area contributed by atoms with Gasteiger partial charge in [-0.05, 0) is 52.1 Å². The molecule has 0 rings (SSSR count). The van der Waals surface area contributed by atoms with E-state index in [1.54, 1.807) is 14.0 Å². The Bertz CT molecular complexity index is 725. The van der Waals surface area contributed by atoms with E-state index in [2.05, 4.69) is 35.9 Å². The number of guanidine groups is 4. The summed E-state index contributed by atoms with van der Waals surface area (Å²) in [5, 5.41) is 24.0. The van der Waals surface area contributed by atoms with Crippen LogP contribution < -0.4 is 38.9 Å². The number of nitrogens with two attached hydrogens (primary N) is 4. The number of hydrogen-bond donors (Lipinski definition) is 9. The summed E-state index contributed by atoms with van der Waals surface area (Å²) in [5.74, 6) is 1.04. The summed E-state index contributed by atoms with van der Waals surface area (Å²) in [4.78, 5) is 16.4. The van der Waals surface area contributed by atoms with Crippen molar-refractivity contribution in [2.45, 2.75) is 64.7 Å². The maximum Gasteiger partial charge on any atom is 0.195 e. The monoisotopic (exact) mass is 493 g/mol. The lowest BCUT2D eigenvalue weighted by Gasteiger charge is -2.06. The van der Waals surface area contributed by atoms with Gasteiger partial charge in [-0.3, -0.25) is 30.6 Å². The summed E-state index contributed by atoms with van der Waals surface area (Å²) >= 11 is 0. The van der Waals surface area contributed by atoms with Crippen molar-refractivity contribution in [3.05, 3.63) is 0 Å². The van der Waals surface area contributed by atoms with Gasteiger partial charge in [-0.1, -0.05) is 19.3 Å². The number of rotatable bonds is 18. The minimum Gasteiger partial charge on any atom is -0.370 e. The molecule has 0 spiro atoms. The van der Waals surface area contributed by atoms with Crippen molar-refractivity contribution in [1.82, 2.24) is 16.0 Å². The fourth-order valence-corrected chi connectivity index (χ4v) is 2.96. The van der Waals surface area contributed by atoms with Gasteiger partial charge in [0, 0.05) is 44.5 Å². The molecule has 0 aromatic carbocycles. The smallest absolute Gasteiger partial charge is 0.195 e. The Morgan fingerprint density at radius 2 is 1.11 bits per heavy atom. The van der Waals surface area contributed by atoms with Gasteiger partial charge in [-0.2, -0.15) is 0 Å². The summed E-state index contributed by atoms with van der Waals surface area (Å²) < 4.78 is 0. The van der Waals surface area contributed by atoms with Gasteiger partial charge in [0.15, 0.2) is 23.8 Å². The number of nitrogens with one attached hydrogen (secondary N) is 5. The van der Waals surface area contributed by atoms with Crippen LogP contribution in [0.1, 0.15) is 64.7 Å². The van der Waals surface area contributed by atoms with Crippen LogP contribution in [0, 0.1) is 10.8 Å². The summed E-state index contributed by atoms with van der Waals surface area (Å²) in [6, 6.07) is 0. The molecule has 13 nitrogen and oxygen atoms in total. The predicted molar refractivity (Wildman–Crippen MR) is 149 cm³/mol. The highest BCUT2D eigenvalue weighted by Gasteiger charge is 2.00. The van der Waals surface area contributed by atoms with E-state index >= 15 is 0 Å². The second-order valence-corrected chi connectivity index (χ2v) is 8.20. The zero-order chi connectivity index (χ0) is 26.3. The molecule has 0 radical (unpaired) electrons. The van der Waals surface area contributed by atoms with Crippen LogP contribution in [0.25, 0.3) is 0 Å². The van der Waals surface area contributed by atoms with E-state index in [0.29, 0.717) is 37.5 Å². The summed E-state index contributed by atoms with van der Waals surface area (Å²) in [6.45, 7) is 5.20. The van der Waals surface area contributed by atoms with Gasteiger partial charge >= 0.3 is 0 Å². The molecular formula is C22H47N13. The number of unbranched alkanes of at least 4 members (excludes halogenated alkanes) is 4. The van der Waals surface area contributed by atoms with Crippen LogP contribution in [-0.2, 0) is 0 Å². The van der Waals surface area contributed by atoms with Crippen LogP contribution in [0.3, 0.4) is 0 Å². The van der Waals surface area contributed by atoms with Gasteiger partial charge in [0.05, 0.1) is 0 Å². The van der Waals surface area contributed by atoms with Crippen molar-refractivity contribution < 1.29 is 0 Å². The number of aliphatic imine (C=N–C) groups is 4. The molecule has 0 aliphatic carbocycles. The molecule has 0 saturated heterocycles. The second kappa shape index (κ2) is 21.3. The predicted octanol–water partition coefficient (Wildman–Crippen LogP) is 0.214. The topological polar surface area (TPSA) is 237 Å². The quantitative estimate of drug-likeness (QED) is 0.0729. The van der Waals surface area contributed by atoms with Gasteiger partial charge in [0.25, 0.3) is 0 Å². The maximum atomic E-state index is 7.78. The van der Waals surface area contributed by atoms with Crippen molar-refractivity contribution in [2.24, 2.45) is 42.9 Å². The van der Waals surface area contributed by atoms with Crippen LogP contribution in [0.5, 0.6) is 0 Å².